The summed E-state index contributed by atoms with van der Waals surface area (Å²) in [6, 6.07) is 12.3. The molecule has 0 bridgehead atoms. The summed E-state index contributed by atoms with van der Waals surface area (Å²) in [4.78, 5) is 11.0. The molecule has 0 atom stereocenters. The van der Waals surface area contributed by atoms with Gasteiger partial charge in [0.25, 0.3) is 10.0 Å². The van der Waals surface area contributed by atoms with Gasteiger partial charge in [0, 0.05) is 12.6 Å². The van der Waals surface area contributed by atoms with Gasteiger partial charge in [-0.15, -0.1) is 0 Å². The number of nitrogens with zero attached hydrogens (tertiary/aromatic N) is 1. The maximum absolute atomic E-state index is 12.6. The van der Waals surface area contributed by atoms with Crippen molar-refractivity contribution in [3.05, 3.63) is 48.0 Å². The van der Waals surface area contributed by atoms with Gasteiger partial charge in [0.1, 0.15) is 10.6 Å². The molecule has 2 N–H and O–H groups in total. The molecular weight excluding hydrogens is 330 g/mol. The number of amides is 1. The zero-order valence-electron chi connectivity index (χ0n) is 13.0. The number of hydrogen-bond acceptors (Lipinski definition) is 5. The van der Waals surface area contributed by atoms with Crippen LogP contribution in [-0.2, 0) is 14.8 Å². The van der Waals surface area contributed by atoms with Crippen LogP contribution >= 0.6 is 0 Å². The number of carbonyl (C=O) groups excluding carboxylic acids is 1. The Morgan fingerprint density at radius 3 is 2.54 bits per heavy atom. The normalized spacial score (nSPS) is 10.5. The van der Waals surface area contributed by atoms with Gasteiger partial charge in [-0.3, -0.25) is 9.52 Å². The number of nitriles is 1. The van der Waals surface area contributed by atoms with Crippen LogP contribution < -0.4 is 14.8 Å². The molecule has 1 amide bonds. The Kier molecular flexibility index (Phi) is 5.06. The van der Waals surface area contributed by atoms with Crippen LogP contribution in [-0.4, -0.2) is 21.4 Å². The molecule has 2 aromatic rings. The predicted octanol–water partition coefficient (Wildman–Crippen LogP) is 2.33. The minimum atomic E-state index is -3.98. The summed E-state index contributed by atoms with van der Waals surface area (Å²) in [7, 11) is -2.63. The van der Waals surface area contributed by atoms with Crippen molar-refractivity contribution in [2.24, 2.45) is 0 Å². The van der Waals surface area contributed by atoms with E-state index in [1.54, 1.807) is 12.1 Å². The van der Waals surface area contributed by atoms with E-state index in [-0.39, 0.29) is 22.2 Å². The summed E-state index contributed by atoms with van der Waals surface area (Å²) in [5, 5.41) is 11.4. The fourth-order valence-corrected chi connectivity index (χ4v) is 3.28. The van der Waals surface area contributed by atoms with Gasteiger partial charge in [-0.05, 0) is 36.4 Å². The Morgan fingerprint density at radius 2 is 1.92 bits per heavy atom. The average Bonchev–Trinajstić information content (AvgIpc) is 2.54. The summed E-state index contributed by atoms with van der Waals surface area (Å²) in [6.45, 7) is 1.32. The molecule has 0 aliphatic heterocycles. The highest BCUT2D eigenvalue weighted by molar-refractivity contribution is 7.92. The first-order valence-corrected chi connectivity index (χ1v) is 8.32. The van der Waals surface area contributed by atoms with Crippen molar-refractivity contribution in [3.63, 3.8) is 0 Å². The van der Waals surface area contributed by atoms with Crippen LogP contribution in [0.5, 0.6) is 5.75 Å². The average molecular weight is 345 g/mol. The van der Waals surface area contributed by atoms with E-state index in [1.165, 1.54) is 44.4 Å². The first-order chi connectivity index (χ1) is 11.4. The highest BCUT2D eigenvalue weighted by Crippen LogP contribution is 2.29. The molecule has 2 rings (SSSR count). The number of anilines is 2. The summed E-state index contributed by atoms with van der Waals surface area (Å²) in [5.41, 5.74) is 0.907. The SMILES string of the molecule is COc1ccc(NC(C)=O)cc1S(=O)(=O)Nc1cccc(C#N)c1. The Bertz CT molecular complexity index is 917. The number of sulfonamides is 1. The summed E-state index contributed by atoms with van der Waals surface area (Å²) in [5.74, 6) is -0.189. The van der Waals surface area contributed by atoms with Gasteiger partial charge in [0.05, 0.1) is 24.4 Å². The second kappa shape index (κ2) is 7.02. The van der Waals surface area contributed by atoms with E-state index < -0.39 is 10.0 Å². The van der Waals surface area contributed by atoms with Crippen LogP contribution in [0.1, 0.15) is 12.5 Å². The molecule has 0 heterocycles. The second-order valence-electron chi connectivity index (χ2n) is 4.84. The van der Waals surface area contributed by atoms with Gasteiger partial charge in [-0.25, -0.2) is 8.42 Å². The Balaban J connectivity index is 2.43. The van der Waals surface area contributed by atoms with Gasteiger partial charge in [-0.2, -0.15) is 5.26 Å². The van der Waals surface area contributed by atoms with Crippen LogP contribution in [0, 0.1) is 11.3 Å². The number of methoxy groups -OCH3 is 1. The maximum atomic E-state index is 12.6. The lowest BCUT2D eigenvalue weighted by Gasteiger charge is -2.13. The molecule has 0 radical (unpaired) electrons. The van der Waals surface area contributed by atoms with Gasteiger partial charge in [0.2, 0.25) is 5.91 Å². The van der Waals surface area contributed by atoms with Crippen LogP contribution in [0.2, 0.25) is 0 Å². The van der Waals surface area contributed by atoms with Gasteiger partial charge in [-0.1, -0.05) is 6.07 Å². The molecular formula is C16H15N3O4S. The molecule has 7 nitrogen and oxygen atoms in total. The summed E-state index contributed by atoms with van der Waals surface area (Å²) >= 11 is 0. The summed E-state index contributed by atoms with van der Waals surface area (Å²) < 4.78 is 32.7. The first kappa shape index (κ1) is 17.3. The third kappa shape index (κ3) is 4.02. The molecule has 0 saturated carbocycles. The molecule has 2 aromatic carbocycles. The highest BCUT2D eigenvalue weighted by Gasteiger charge is 2.21. The Morgan fingerprint density at radius 1 is 1.17 bits per heavy atom. The van der Waals surface area contributed by atoms with Crippen molar-refractivity contribution >= 4 is 27.3 Å². The molecule has 8 heteroatoms. The Hall–Kier alpha value is -3.05. The number of nitrogens with one attached hydrogen (secondary N) is 2. The predicted molar refractivity (Wildman–Crippen MR) is 89.3 cm³/mol. The van der Waals surface area contributed by atoms with Gasteiger partial charge in [0.15, 0.2) is 0 Å². The smallest absolute Gasteiger partial charge is 0.265 e. The molecule has 24 heavy (non-hydrogen) atoms. The third-order valence-electron chi connectivity index (χ3n) is 3.02. The zero-order valence-corrected chi connectivity index (χ0v) is 13.8. The topological polar surface area (TPSA) is 108 Å². The van der Waals surface area contributed by atoms with E-state index in [2.05, 4.69) is 10.0 Å². The standard InChI is InChI=1S/C16H15N3O4S/c1-11(20)18-13-6-7-15(23-2)16(9-13)24(21,22)19-14-5-3-4-12(8-14)10-17/h3-9,19H,1-2H3,(H,18,20). The van der Waals surface area contributed by atoms with E-state index in [0.29, 0.717) is 11.3 Å². The molecule has 0 unspecified atom stereocenters. The highest BCUT2D eigenvalue weighted by atomic mass is 32.2. The van der Waals surface area contributed by atoms with Crippen molar-refractivity contribution in [2.45, 2.75) is 11.8 Å². The number of benzene rings is 2. The van der Waals surface area contributed by atoms with Crippen LogP contribution in [0.4, 0.5) is 11.4 Å². The first-order valence-electron chi connectivity index (χ1n) is 6.84. The molecule has 0 aliphatic rings. The number of ether oxygens (including phenoxy) is 1. The van der Waals surface area contributed by atoms with Crippen molar-refractivity contribution in [1.82, 2.24) is 0 Å². The number of rotatable bonds is 5. The van der Waals surface area contributed by atoms with Crippen LogP contribution in [0.15, 0.2) is 47.4 Å². The Labute approximate surface area is 139 Å². The zero-order chi connectivity index (χ0) is 17.7. The van der Waals surface area contributed by atoms with E-state index in [0.717, 1.165) is 0 Å². The fraction of sp³-hybridized carbons (Fsp3) is 0.125. The van der Waals surface area contributed by atoms with Crippen molar-refractivity contribution in [2.75, 3.05) is 17.1 Å². The minimum Gasteiger partial charge on any atom is -0.495 e. The largest absolute Gasteiger partial charge is 0.495 e. The molecule has 0 spiro atoms. The number of carbonyl (C=O) groups is 1. The van der Waals surface area contributed by atoms with E-state index in [4.69, 9.17) is 10.00 Å². The van der Waals surface area contributed by atoms with Crippen LogP contribution in [0.25, 0.3) is 0 Å². The number of hydrogen-bond donors (Lipinski definition) is 2. The molecule has 0 fully saturated rings. The van der Waals surface area contributed by atoms with Gasteiger partial charge >= 0.3 is 0 Å². The van der Waals surface area contributed by atoms with E-state index in [1.807, 2.05) is 6.07 Å². The third-order valence-corrected chi connectivity index (χ3v) is 4.42. The molecule has 124 valence electrons. The second-order valence-corrected chi connectivity index (χ2v) is 6.50. The fourth-order valence-electron chi connectivity index (χ4n) is 2.03. The van der Waals surface area contributed by atoms with Crippen molar-refractivity contribution < 1.29 is 17.9 Å². The van der Waals surface area contributed by atoms with Gasteiger partial charge < -0.3 is 10.1 Å². The monoisotopic (exact) mass is 345 g/mol. The summed E-state index contributed by atoms with van der Waals surface area (Å²) in [6.07, 6.45) is 0. The van der Waals surface area contributed by atoms with Crippen molar-refractivity contribution in [1.29, 1.82) is 5.26 Å². The molecule has 0 saturated heterocycles. The quantitative estimate of drug-likeness (QED) is 0.864. The molecule has 0 aromatic heterocycles. The lowest BCUT2D eigenvalue weighted by atomic mass is 10.2. The lowest BCUT2D eigenvalue weighted by molar-refractivity contribution is -0.114. The van der Waals surface area contributed by atoms with Crippen LogP contribution in [0.3, 0.4) is 0 Å². The van der Waals surface area contributed by atoms with Crippen molar-refractivity contribution in [3.8, 4) is 11.8 Å². The lowest BCUT2D eigenvalue weighted by Crippen LogP contribution is -2.15. The molecule has 0 aliphatic carbocycles. The van der Waals surface area contributed by atoms with E-state index in [9.17, 15) is 13.2 Å². The maximum Gasteiger partial charge on any atom is 0.265 e. The minimum absolute atomic E-state index is 0.126. The van der Waals surface area contributed by atoms with E-state index >= 15 is 0 Å².